The van der Waals surface area contributed by atoms with Crippen LogP contribution < -0.4 is 16.8 Å². The summed E-state index contributed by atoms with van der Waals surface area (Å²) in [4.78, 5) is 0. The van der Waals surface area contributed by atoms with Gasteiger partial charge in [-0.05, 0) is 24.3 Å². The van der Waals surface area contributed by atoms with E-state index in [1.165, 1.54) is 0 Å². The van der Waals surface area contributed by atoms with Gasteiger partial charge in [0.25, 0.3) is 0 Å². The number of aryl methyl sites for hydroxylation is 2. The van der Waals surface area contributed by atoms with Gasteiger partial charge in [-0.1, -0.05) is 0 Å². The number of imidazole rings is 1. The van der Waals surface area contributed by atoms with Crippen molar-refractivity contribution in [3.05, 3.63) is 42.3 Å². The Morgan fingerprint density at radius 2 is 1.62 bits per heavy atom. The SMILES string of the molecule is Cn1ccn(C)c1=NNc1ccc(N)cc1. The van der Waals surface area contributed by atoms with Crippen molar-refractivity contribution >= 4 is 11.4 Å². The number of nitrogens with two attached hydrogens (primary N) is 1. The first kappa shape index (κ1) is 10.4. The second kappa shape index (κ2) is 4.14. The van der Waals surface area contributed by atoms with Gasteiger partial charge in [-0.25, -0.2) is 0 Å². The van der Waals surface area contributed by atoms with Gasteiger partial charge in [-0.3, -0.25) is 5.43 Å². The lowest BCUT2D eigenvalue weighted by atomic mass is 10.3. The van der Waals surface area contributed by atoms with Gasteiger partial charge in [0.15, 0.2) is 0 Å². The first-order valence-corrected chi connectivity index (χ1v) is 5.00. The van der Waals surface area contributed by atoms with E-state index >= 15 is 0 Å². The van der Waals surface area contributed by atoms with E-state index in [4.69, 9.17) is 5.73 Å². The molecule has 2 aromatic rings. The quantitative estimate of drug-likeness (QED) is 0.579. The number of nitrogens with zero attached hydrogens (tertiary/aromatic N) is 3. The zero-order valence-electron chi connectivity index (χ0n) is 9.38. The molecule has 0 amide bonds. The van der Waals surface area contributed by atoms with E-state index in [1.807, 2.05) is 59.9 Å². The third kappa shape index (κ3) is 2.08. The van der Waals surface area contributed by atoms with Gasteiger partial charge in [0, 0.05) is 32.2 Å². The Hall–Kier alpha value is -2.17. The molecule has 5 heteroatoms. The fraction of sp³-hybridized carbons (Fsp3) is 0.182. The van der Waals surface area contributed by atoms with Gasteiger partial charge in [-0.15, -0.1) is 5.10 Å². The normalized spacial score (nSPS) is 10.1. The fourth-order valence-electron chi connectivity index (χ4n) is 1.41. The van der Waals surface area contributed by atoms with E-state index in [0.29, 0.717) is 0 Å². The highest BCUT2D eigenvalue weighted by Crippen LogP contribution is 2.09. The number of anilines is 2. The Morgan fingerprint density at radius 1 is 1.06 bits per heavy atom. The minimum Gasteiger partial charge on any atom is -0.399 e. The molecule has 2 rings (SSSR count). The largest absolute Gasteiger partial charge is 0.399 e. The molecule has 0 spiro atoms. The number of benzene rings is 1. The molecule has 0 fully saturated rings. The Kier molecular flexibility index (Phi) is 2.68. The summed E-state index contributed by atoms with van der Waals surface area (Å²) in [5, 5.41) is 4.30. The summed E-state index contributed by atoms with van der Waals surface area (Å²) in [5.74, 6) is 0. The zero-order chi connectivity index (χ0) is 11.5. The van der Waals surface area contributed by atoms with Crippen LogP contribution in [0.4, 0.5) is 11.4 Å². The van der Waals surface area contributed by atoms with Crippen LogP contribution in [0.25, 0.3) is 0 Å². The molecule has 16 heavy (non-hydrogen) atoms. The van der Waals surface area contributed by atoms with Crippen molar-refractivity contribution in [2.45, 2.75) is 0 Å². The molecule has 0 saturated heterocycles. The highest BCUT2D eigenvalue weighted by atomic mass is 15.3. The molecule has 0 radical (unpaired) electrons. The number of nitrogens with one attached hydrogen (secondary N) is 1. The van der Waals surface area contributed by atoms with Crippen LogP contribution in [0.5, 0.6) is 0 Å². The van der Waals surface area contributed by atoms with Crippen molar-refractivity contribution in [2.24, 2.45) is 19.2 Å². The predicted molar refractivity (Wildman–Crippen MR) is 64.4 cm³/mol. The summed E-state index contributed by atoms with van der Waals surface area (Å²) < 4.78 is 3.87. The Labute approximate surface area is 93.8 Å². The molecule has 0 saturated carbocycles. The molecule has 0 aliphatic rings. The topological polar surface area (TPSA) is 60.3 Å². The van der Waals surface area contributed by atoms with E-state index in [-0.39, 0.29) is 0 Å². The first-order chi connectivity index (χ1) is 7.66. The molecule has 0 bridgehead atoms. The molecular formula is C11H15N5. The molecule has 0 aliphatic carbocycles. The number of nitrogen functional groups attached to an aromatic ring is 1. The summed E-state index contributed by atoms with van der Waals surface area (Å²) in [6.07, 6.45) is 3.90. The fourth-order valence-corrected chi connectivity index (χ4v) is 1.41. The van der Waals surface area contributed by atoms with Gasteiger partial charge in [-0.2, -0.15) is 0 Å². The number of rotatable bonds is 2. The maximum atomic E-state index is 5.60. The molecule has 84 valence electrons. The van der Waals surface area contributed by atoms with Gasteiger partial charge in [0.1, 0.15) is 0 Å². The van der Waals surface area contributed by atoms with Crippen molar-refractivity contribution in [3.63, 3.8) is 0 Å². The predicted octanol–water partition coefficient (Wildman–Crippen LogP) is 0.874. The Bertz CT molecular complexity index is 510. The molecule has 3 N–H and O–H groups in total. The summed E-state index contributed by atoms with van der Waals surface area (Å²) in [6, 6.07) is 7.45. The van der Waals surface area contributed by atoms with E-state index < -0.39 is 0 Å². The van der Waals surface area contributed by atoms with Crippen LogP contribution in [0.2, 0.25) is 0 Å². The average molecular weight is 217 g/mol. The van der Waals surface area contributed by atoms with Crippen molar-refractivity contribution in [2.75, 3.05) is 11.2 Å². The summed E-state index contributed by atoms with van der Waals surface area (Å²) in [7, 11) is 3.90. The van der Waals surface area contributed by atoms with Gasteiger partial charge in [0.2, 0.25) is 5.62 Å². The molecule has 1 aromatic heterocycles. The van der Waals surface area contributed by atoms with E-state index in [9.17, 15) is 0 Å². The van der Waals surface area contributed by atoms with Crippen molar-refractivity contribution in [3.8, 4) is 0 Å². The van der Waals surface area contributed by atoms with Crippen molar-refractivity contribution in [1.29, 1.82) is 0 Å². The smallest absolute Gasteiger partial charge is 0.226 e. The van der Waals surface area contributed by atoms with Crippen LogP contribution in [-0.2, 0) is 14.1 Å². The summed E-state index contributed by atoms with van der Waals surface area (Å²) in [6.45, 7) is 0. The van der Waals surface area contributed by atoms with Crippen molar-refractivity contribution in [1.82, 2.24) is 9.13 Å². The highest BCUT2D eigenvalue weighted by molar-refractivity contribution is 5.50. The minimum absolute atomic E-state index is 0.745. The van der Waals surface area contributed by atoms with Crippen LogP contribution in [0.3, 0.4) is 0 Å². The molecule has 0 aliphatic heterocycles. The third-order valence-corrected chi connectivity index (χ3v) is 2.34. The maximum absolute atomic E-state index is 5.60. The van der Waals surface area contributed by atoms with Crippen LogP contribution >= 0.6 is 0 Å². The zero-order valence-corrected chi connectivity index (χ0v) is 9.38. The number of hydrogen-bond donors (Lipinski definition) is 2. The second-order valence-electron chi connectivity index (χ2n) is 3.67. The minimum atomic E-state index is 0.745. The lowest BCUT2D eigenvalue weighted by Gasteiger charge is -2.01. The van der Waals surface area contributed by atoms with Crippen LogP contribution in [0.1, 0.15) is 0 Å². The molecular weight excluding hydrogens is 202 g/mol. The maximum Gasteiger partial charge on any atom is 0.226 e. The second-order valence-corrected chi connectivity index (χ2v) is 3.67. The lowest BCUT2D eigenvalue weighted by Crippen LogP contribution is -2.23. The molecule has 0 atom stereocenters. The van der Waals surface area contributed by atoms with E-state index in [0.717, 1.165) is 17.0 Å². The summed E-state index contributed by atoms with van der Waals surface area (Å²) >= 11 is 0. The highest BCUT2D eigenvalue weighted by Gasteiger charge is 1.93. The van der Waals surface area contributed by atoms with Gasteiger partial charge < -0.3 is 14.9 Å². The lowest BCUT2D eigenvalue weighted by molar-refractivity contribution is 0.736. The van der Waals surface area contributed by atoms with Crippen LogP contribution in [0, 0.1) is 0 Å². The first-order valence-electron chi connectivity index (χ1n) is 5.00. The molecule has 1 heterocycles. The van der Waals surface area contributed by atoms with Crippen LogP contribution in [0.15, 0.2) is 41.8 Å². The Morgan fingerprint density at radius 3 is 2.19 bits per heavy atom. The molecule has 0 unspecified atom stereocenters. The van der Waals surface area contributed by atoms with E-state index in [1.54, 1.807) is 0 Å². The van der Waals surface area contributed by atoms with E-state index in [2.05, 4.69) is 10.5 Å². The standard InChI is InChI=1S/C11H15N5/c1-15-7-8-16(2)11(15)14-13-10-5-3-9(12)4-6-10/h3-8,13H,12H2,1-2H3. The number of aromatic nitrogens is 2. The monoisotopic (exact) mass is 217 g/mol. The van der Waals surface area contributed by atoms with Gasteiger partial charge in [0.05, 0.1) is 5.69 Å². The summed E-state index contributed by atoms with van der Waals surface area (Å²) in [5.41, 5.74) is 11.1. The number of hydrogen-bond acceptors (Lipinski definition) is 3. The van der Waals surface area contributed by atoms with Gasteiger partial charge >= 0.3 is 0 Å². The average Bonchev–Trinajstić information content (AvgIpc) is 2.59. The van der Waals surface area contributed by atoms with Crippen molar-refractivity contribution < 1.29 is 0 Å². The third-order valence-electron chi connectivity index (χ3n) is 2.34. The molecule has 1 aromatic carbocycles. The molecule has 5 nitrogen and oxygen atoms in total. The Balaban J connectivity index is 2.24. The van der Waals surface area contributed by atoms with Crippen LogP contribution in [-0.4, -0.2) is 9.13 Å².